The van der Waals surface area contributed by atoms with Gasteiger partial charge in [0.05, 0.1) is 28.4 Å². The molecule has 7 heteroatoms. The van der Waals surface area contributed by atoms with Gasteiger partial charge in [0.25, 0.3) is 0 Å². The largest absolute Gasteiger partial charge is 0.455 e. The summed E-state index contributed by atoms with van der Waals surface area (Å²) in [7, 11) is 0. The van der Waals surface area contributed by atoms with Crippen LogP contribution in [0.15, 0.2) is 304 Å². The SMILES string of the molecule is Fc1c(-c2ccccc2)cc(-c2ccccc2)cc1N(c1ccc2c(c1)oc1c3ccc(N(c4cc(-c5ccccc5)cc(-c5ccccc5)c4F)c4cccc5c4oc4ccccc45)cc3c3ccccc3c21)c1cccc2c1oc1ccccc12. The van der Waals surface area contributed by atoms with Gasteiger partial charge in [-0.25, -0.2) is 8.78 Å². The minimum atomic E-state index is -0.389. The average molecular weight is 1120 g/mol. The third-order valence-electron chi connectivity index (χ3n) is 17.1. The number of hydrogen-bond donors (Lipinski definition) is 0. The van der Waals surface area contributed by atoms with Gasteiger partial charge in [-0.3, -0.25) is 0 Å². The summed E-state index contributed by atoms with van der Waals surface area (Å²) in [5.41, 5.74) is 13.5. The first-order valence-electron chi connectivity index (χ1n) is 29.1. The van der Waals surface area contributed by atoms with Crippen LogP contribution in [0.2, 0.25) is 0 Å². The molecule has 87 heavy (non-hydrogen) atoms. The first-order valence-corrected chi connectivity index (χ1v) is 29.1. The molecule has 0 atom stereocenters. The molecule has 0 saturated heterocycles. The Hall–Kier alpha value is -11.5. The van der Waals surface area contributed by atoms with Gasteiger partial charge in [0, 0.05) is 60.6 Å². The molecule has 0 spiro atoms. The maximum Gasteiger partial charge on any atom is 0.159 e. The zero-order chi connectivity index (χ0) is 57.7. The summed E-state index contributed by atoms with van der Waals surface area (Å²) in [6.45, 7) is 0. The number of rotatable bonds is 10. The van der Waals surface area contributed by atoms with E-state index < -0.39 is 0 Å². The van der Waals surface area contributed by atoms with E-state index in [4.69, 9.17) is 13.3 Å². The molecule has 0 amide bonds. The predicted octanol–water partition coefficient (Wildman–Crippen LogP) is 23.6. The summed E-state index contributed by atoms with van der Waals surface area (Å²) in [6.07, 6.45) is 0. The highest BCUT2D eigenvalue weighted by Crippen LogP contribution is 2.51. The summed E-state index contributed by atoms with van der Waals surface area (Å²) in [4.78, 5) is 3.98. The number of anilines is 6. The topological polar surface area (TPSA) is 45.9 Å². The van der Waals surface area contributed by atoms with Crippen LogP contribution in [-0.2, 0) is 0 Å². The second kappa shape index (κ2) is 20.1. The fourth-order valence-corrected chi connectivity index (χ4v) is 13.1. The third-order valence-corrected chi connectivity index (χ3v) is 17.1. The lowest BCUT2D eigenvalue weighted by Crippen LogP contribution is -2.13. The molecule has 0 N–H and O–H groups in total. The lowest BCUT2D eigenvalue weighted by atomic mass is 9.95. The number of para-hydroxylation sites is 4. The molecule has 17 aromatic rings. The first kappa shape index (κ1) is 50.0. The number of halogens is 2. The van der Waals surface area contributed by atoms with Crippen LogP contribution in [0.5, 0.6) is 0 Å². The zero-order valence-electron chi connectivity index (χ0n) is 46.6. The van der Waals surface area contributed by atoms with Crippen molar-refractivity contribution in [2.24, 2.45) is 0 Å². The van der Waals surface area contributed by atoms with Crippen molar-refractivity contribution in [3.63, 3.8) is 0 Å². The van der Waals surface area contributed by atoms with E-state index in [0.717, 1.165) is 98.4 Å². The number of hydrogen-bond acceptors (Lipinski definition) is 5. The van der Waals surface area contributed by atoms with Crippen LogP contribution in [0.1, 0.15) is 0 Å². The Morgan fingerprint density at radius 3 is 1.13 bits per heavy atom. The van der Waals surface area contributed by atoms with Crippen molar-refractivity contribution in [1.29, 1.82) is 0 Å². The predicted molar refractivity (Wildman–Crippen MR) is 354 cm³/mol. The van der Waals surface area contributed by atoms with Crippen molar-refractivity contribution in [1.82, 2.24) is 0 Å². The lowest BCUT2D eigenvalue weighted by Gasteiger charge is -2.28. The maximum atomic E-state index is 18.3. The second-order valence-corrected chi connectivity index (χ2v) is 22.1. The molecule has 0 bridgehead atoms. The molecule has 0 aliphatic carbocycles. The third kappa shape index (κ3) is 8.12. The molecule has 0 fully saturated rings. The van der Waals surface area contributed by atoms with Crippen molar-refractivity contribution in [2.75, 3.05) is 9.80 Å². The van der Waals surface area contributed by atoms with E-state index in [1.165, 1.54) is 0 Å². The maximum absolute atomic E-state index is 18.3. The molecular weight excluding hydrogens is 1070 g/mol. The fraction of sp³-hybridized carbons (Fsp3) is 0. The molecule has 0 saturated carbocycles. The van der Waals surface area contributed by atoms with E-state index in [9.17, 15) is 0 Å². The van der Waals surface area contributed by atoms with Crippen LogP contribution in [-0.4, -0.2) is 0 Å². The molecule has 3 heterocycles. The average Bonchev–Trinajstić information content (AvgIpc) is 1.92. The van der Waals surface area contributed by atoms with Crippen LogP contribution in [0.4, 0.5) is 42.9 Å². The Bertz CT molecular complexity index is 5560. The molecule has 0 radical (unpaired) electrons. The Kier molecular flexibility index (Phi) is 11.5. The summed E-state index contributed by atoms with van der Waals surface area (Å²) >= 11 is 0. The van der Waals surface area contributed by atoms with Crippen LogP contribution in [0, 0.1) is 11.6 Å². The molecular formula is C80H48F2N2O3. The van der Waals surface area contributed by atoms with Crippen molar-refractivity contribution in [3.05, 3.63) is 303 Å². The van der Waals surface area contributed by atoms with Gasteiger partial charge in [-0.2, -0.15) is 0 Å². The smallest absolute Gasteiger partial charge is 0.159 e. The summed E-state index contributed by atoms with van der Waals surface area (Å²) in [6, 6.07) is 96.4. The van der Waals surface area contributed by atoms with E-state index in [1.54, 1.807) is 0 Å². The molecule has 0 unspecified atom stereocenters. The number of nitrogens with zero attached hydrogens (tertiary/aromatic N) is 2. The molecule has 0 aliphatic rings. The monoisotopic (exact) mass is 1120 g/mol. The number of benzene rings is 14. The Morgan fingerprint density at radius 2 is 0.621 bits per heavy atom. The Morgan fingerprint density at radius 1 is 0.230 bits per heavy atom. The molecule has 0 aliphatic heterocycles. The highest BCUT2D eigenvalue weighted by Gasteiger charge is 2.29. The van der Waals surface area contributed by atoms with E-state index in [-0.39, 0.29) is 11.6 Å². The van der Waals surface area contributed by atoms with Gasteiger partial charge in [-0.05, 0) is 128 Å². The highest BCUT2D eigenvalue weighted by molar-refractivity contribution is 6.31. The van der Waals surface area contributed by atoms with E-state index >= 15 is 8.78 Å². The summed E-state index contributed by atoms with van der Waals surface area (Å²) in [5.74, 6) is -0.767. The van der Waals surface area contributed by atoms with Crippen molar-refractivity contribution < 1.29 is 22.0 Å². The van der Waals surface area contributed by atoms with Crippen molar-refractivity contribution >= 4 is 121 Å². The normalized spacial score (nSPS) is 11.8. The van der Waals surface area contributed by atoms with Crippen molar-refractivity contribution in [3.8, 4) is 44.5 Å². The van der Waals surface area contributed by atoms with Gasteiger partial charge in [-0.15, -0.1) is 0 Å². The fourth-order valence-electron chi connectivity index (χ4n) is 13.1. The molecule has 17 rings (SSSR count). The molecule has 3 aromatic heterocycles. The Labute approximate surface area is 498 Å². The molecule has 14 aromatic carbocycles. The number of fused-ring (bicyclic) bond motifs is 14. The quantitative estimate of drug-likeness (QED) is 0.128. The summed E-state index contributed by atoms with van der Waals surface area (Å²) < 4.78 is 57.4. The molecule has 410 valence electrons. The Balaban J connectivity index is 0.905. The van der Waals surface area contributed by atoms with Crippen molar-refractivity contribution in [2.45, 2.75) is 0 Å². The zero-order valence-corrected chi connectivity index (χ0v) is 46.6. The second-order valence-electron chi connectivity index (χ2n) is 22.1. The van der Waals surface area contributed by atoms with Crippen LogP contribution in [0.25, 0.3) is 132 Å². The van der Waals surface area contributed by atoms with E-state index in [0.29, 0.717) is 67.6 Å². The highest BCUT2D eigenvalue weighted by atomic mass is 19.1. The van der Waals surface area contributed by atoms with Gasteiger partial charge in [0.15, 0.2) is 22.8 Å². The first-order chi connectivity index (χ1) is 43.0. The number of furan rings is 3. The van der Waals surface area contributed by atoms with Gasteiger partial charge in [-0.1, -0.05) is 206 Å². The summed E-state index contributed by atoms with van der Waals surface area (Å²) in [5, 5.41) is 9.35. The minimum Gasteiger partial charge on any atom is -0.455 e. The van der Waals surface area contributed by atoms with Crippen LogP contribution in [0.3, 0.4) is 0 Å². The van der Waals surface area contributed by atoms with Gasteiger partial charge < -0.3 is 23.1 Å². The van der Waals surface area contributed by atoms with Gasteiger partial charge in [0.1, 0.15) is 22.3 Å². The van der Waals surface area contributed by atoms with E-state index in [1.807, 2.05) is 198 Å². The lowest BCUT2D eigenvalue weighted by molar-refractivity contribution is 0.631. The van der Waals surface area contributed by atoms with Gasteiger partial charge in [0.2, 0.25) is 0 Å². The van der Waals surface area contributed by atoms with Crippen LogP contribution < -0.4 is 9.80 Å². The minimum absolute atomic E-state index is 0.339. The standard InChI is InChI=1S/C80H48F2N2O3/c81-76-65(51-25-9-3-10-26-51)43-53(49-21-5-1-6-22-49)45-70(76)83(68-35-19-33-61-58-30-15-17-37-72(58)85-78(61)68)55-39-41-63-67(47-55)57-29-13-14-32-60(57)75-64-42-40-56(48-74(64)87-80(63)75)84(69-36-20-34-62-59-31-16-18-38-73(59)86-79(62)69)71-46-54(50-23-7-2-8-24-50)44-66(77(71)82)52-27-11-4-12-28-52/h1-48H. The van der Waals surface area contributed by atoms with E-state index in [2.05, 4.69) is 103 Å². The van der Waals surface area contributed by atoms with Gasteiger partial charge >= 0.3 is 0 Å². The molecule has 5 nitrogen and oxygen atoms in total. The van der Waals surface area contributed by atoms with Crippen LogP contribution >= 0.6 is 0 Å².